The molecule has 3 heteroatoms. The molecule has 13 heavy (non-hydrogen) atoms. The van der Waals surface area contributed by atoms with E-state index in [0.717, 1.165) is 13.1 Å². The number of aromatic nitrogens is 1. The van der Waals surface area contributed by atoms with Gasteiger partial charge in [0.25, 0.3) is 0 Å². The van der Waals surface area contributed by atoms with Crippen molar-refractivity contribution in [1.82, 2.24) is 10.3 Å². The predicted octanol–water partition coefficient (Wildman–Crippen LogP) is 2.13. The normalized spacial score (nSPS) is 18.7. The van der Waals surface area contributed by atoms with Crippen LogP contribution in [0.3, 0.4) is 0 Å². The van der Waals surface area contributed by atoms with Gasteiger partial charge in [0.1, 0.15) is 0 Å². The van der Waals surface area contributed by atoms with E-state index in [1.165, 1.54) is 10.7 Å². The van der Waals surface area contributed by atoms with Crippen LogP contribution >= 0.6 is 11.3 Å². The van der Waals surface area contributed by atoms with Crippen LogP contribution in [0.25, 0.3) is 0 Å². The fourth-order valence-corrected chi connectivity index (χ4v) is 2.43. The van der Waals surface area contributed by atoms with Crippen LogP contribution in [0.15, 0.2) is 5.38 Å². The van der Waals surface area contributed by atoms with Gasteiger partial charge in [-0.3, -0.25) is 0 Å². The van der Waals surface area contributed by atoms with Crippen LogP contribution < -0.4 is 5.32 Å². The average Bonchev–Trinajstić information content (AvgIpc) is 2.29. The van der Waals surface area contributed by atoms with Crippen LogP contribution in [-0.4, -0.2) is 18.1 Å². The number of hydrogen-bond acceptors (Lipinski definition) is 3. The number of nitrogens with zero attached hydrogens (tertiary/aromatic N) is 1. The lowest BCUT2D eigenvalue weighted by Crippen LogP contribution is -2.39. The Morgan fingerprint density at radius 1 is 1.46 bits per heavy atom. The summed E-state index contributed by atoms with van der Waals surface area (Å²) in [6.45, 7) is 8.86. The van der Waals surface area contributed by atoms with Gasteiger partial charge in [0.2, 0.25) is 0 Å². The van der Waals surface area contributed by atoms with Gasteiger partial charge in [-0.25, -0.2) is 4.98 Å². The van der Waals surface area contributed by atoms with E-state index in [0.29, 0.717) is 5.92 Å². The van der Waals surface area contributed by atoms with E-state index < -0.39 is 0 Å². The third-order valence-electron chi connectivity index (χ3n) is 2.42. The third-order valence-corrected chi connectivity index (χ3v) is 3.43. The summed E-state index contributed by atoms with van der Waals surface area (Å²) >= 11 is 1.81. The number of thiazole rings is 1. The van der Waals surface area contributed by atoms with Crippen LogP contribution in [0.4, 0.5) is 0 Å². The fraction of sp³-hybridized carbons (Fsp3) is 0.700. The van der Waals surface area contributed by atoms with Crippen molar-refractivity contribution in [3.63, 3.8) is 0 Å². The Labute approximate surface area is 83.4 Å². The van der Waals surface area contributed by atoms with E-state index in [9.17, 15) is 0 Å². The lowest BCUT2D eigenvalue weighted by Gasteiger charge is -2.25. The highest BCUT2D eigenvalue weighted by Crippen LogP contribution is 2.28. The van der Waals surface area contributed by atoms with Gasteiger partial charge >= 0.3 is 0 Å². The first kappa shape index (κ1) is 9.16. The van der Waals surface area contributed by atoms with Crippen molar-refractivity contribution in [3.8, 4) is 0 Å². The minimum atomic E-state index is 0.200. The zero-order valence-corrected chi connectivity index (χ0v) is 9.24. The molecular weight excluding hydrogens is 180 g/mol. The minimum Gasteiger partial charge on any atom is -0.315 e. The number of nitrogens with one attached hydrogen (secondary N) is 1. The monoisotopic (exact) mass is 196 g/mol. The summed E-state index contributed by atoms with van der Waals surface area (Å²) in [6, 6.07) is 0. The Morgan fingerprint density at radius 3 is 2.54 bits per heavy atom. The topological polar surface area (TPSA) is 24.9 Å². The van der Waals surface area contributed by atoms with E-state index in [1.807, 2.05) is 11.3 Å². The summed E-state index contributed by atoms with van der Waals surface area (Å²) in [5.41, 5.74) is 1.44. The maximum atomic E-state index is 4.68. The fourth-order valence-electron chi connectivity index (χ4n) is 1.28. The number of hydrogen-bond donors (Lipinski definition) is 1. The molecule has 2 nitrogen and oxygen atoms in total. The van der Waals surface area contributed by atoms with E-state index in [-0.39, 0.29) is 5.41 Å². The van der Waals surface area contributed by atoms with Gasteiger partial charge in [0.05, 0.1) is 10.7 Å². The van der Waals surface area contributed by atoms with Gasteiger partial charge in [0.15, 0.2) is 0 Å². The molecule has 1 aliphatic rings. The third kappa shape index (κ3) is 1.76. The van der Waals surface area contributed by atoms with Gasteiger partial charge in [-0.1, -0.05) is 20.8 Å². The molecule has 2 rings (SSSR count). The summed E-state index contributed by atoms with van der Waals surface area (Å²) in [5, 5.41) is 6.79. The lowest BCUT2D eigenvalue weighted by atomic mass is 9.93. The molecule has 0 aromatic carbocycles. The quantitative estimate of drug-likeness (QED) is 0.744. The lowest BCUT2D eigenvalue weighted by molar-refractivity contribution is 0.444. The molecule has 0 atom stereocenters. The predicted molar refractivity (Wildman–Crippen MR) is 56.4 cm³/mol. The molecule has 0 unspecified atom stereocenters. The standard InChI is InChI=1S/C10H16N2S/c1-10(2,3)8-6-13-9(12-8)7-4-11-5-7/h6-7,11H,4-5H2,1-3H3. The Bertz CT molecular complexity index is 294. The molecule has 1 aromatic rings. The second-order valence-corrected chi connectivity index (χ2v) is 5.57. The minimum absolute atomic E-state index is 0.200. The van der Waals surface area contributed by atoms with E-state index in [1.54, 1.807) is 0 Å². The van der Waals surface area contributed by atoms with Crippen molar-refractivity contribution in [2.24, 2.45) is 0 Å². The molecule has 72 valence electrons. The van der Waals surface area contributed by atoms with Crippen LogP contribution in [0.2, 0.25) is 0 Å². The summed E-state index contributed by atoms with van der Waals surface area (Å²) in [4.78, 5) is 4.68. The van der Waals surface area contributed by atoms with Crippen LogP contribution in [-0.2, 0) is 5.41 Å². The molecule has 1 aromatic heterocycles. The summed E-state index contributed by atoms with van der Waals surface area (Å²) in [7, 11) is 0. The molecule has 1 fully saturated rings. The molecule has 0 bridgehead atoms. The Hall–Kier alpha value is -0.410. The second-order valence-electron chi connectivity index (χ2n) is 4.68. The van der Waals surface area contributed by atoms with Crippen molar-refractivity contribution >= 4 is 11.3 Å². The first-order valence-electron chi connectivity index (χ1n) is 4.74. The summed E-state index contributed by atoms with van der Waals surface area (Å²) < 4.78 is 0. The SMILES string of the molecule is CC(C)(C)c1csc(C2CNC2)n1. The van der Waals surface area contributed by atoms with Crippen LogP contribution in [0.5, 0.6) is 0 Å². The van der Waals surface area contributed by atoms with Crippen molar-refractivity contribution in [3.05, 3.63) is 16.1 Å². The van der Waals surface area contributed by atoms with E-state index in [4.69, 9.17) is 0 Å². The number of rotatable bonds is 1. The van der Waals surface area contributed by atoms with Crippen molar-refractivity contribution < 1.29 is 0 Å². The molecule has 0 spiro atoms. The van der Waals surface area contributed by atoms with Crippen LogP contribution in [0, 0.1) is 0 Å². The molecule has 0 radical (unpaired) electrons. The second kappa shape index (κ2) is 3.07. The smallest absolute Gasteiger partial charge is 0.0985 e. The van der Waals surface area contributed by atoms with Crippen molar-refractivity contribution in [2.75, 3.05) is 13.1 Å². The molecule has 0 saturated carbocycles. The Morgan fingerprint density at radius 2 is 2.15 bits per heavy atom. The molecule has 1 aliphatic heterocycles. The molecular formula is C10H16N2S. The first-order valence-corrected chi connectivity index (χ1v) is 5.62. The molecule has 0 amide bonds. The molecule has 2 heterocycles. The Balaban J connectivity index is 2.17. The summed E-state index contributed by atoms with van der Waals surface area (Å²) in [5.74, 6) is 0.682. The van der Waals surface area contributed by atoms with Gasteiger partial charge in [-0.15, -0.1) is 11.3 Å². The van der Waals surface area contributed by atoms with Crippen molar-refractivity contribution in [2.45, 2.75) is 32.1 Å². The van der Waals surface area contributed by atoms with Gasteiger partial charge in [0, 0.05) is 29.8 Å². The Kier molecular flexibility index (Phi) is 2.16. The van der Waals surface area contributed by atoms with Crippen LogP contribution in [0.1, 0.15) is 37.4 Å². The highest BCUT2D eigenvalue weighted by molar-refractivity contribution is 7.09. The molecule has 0 aliphatic carbocycles. The van der Waals surface area contributed by atoms with Crippen molar-refractivity contribution in [1.29, 1.82) is 0 Å². The summed E-state index contributed by atoms with van der Waals surface area (Å²) in [6.07, 6.45) is 0. The molecule has 1 saturated heterocycles. The zero-order valence-electron chi connectivity index (χ0n) is 8.42. The highest BCUT2D eigenvalue weighted by atomic mass is 32.1. The van der Waals surface area contributed by atoms with E-state index in [2.05, 4.69) is 36.5 Å². The van der Waals surface area contributed by atoms with E-state index >= 15 is 0 Å². The van der Waals surface area contributed by atoms with Gasteiger partial charge in [-0.05, 0) is 0 Å². The largest absolute Gasteiger partial charge is 0.315 e. The maximum Gasteiger partial charge on any atom is 0.0985 e. The molecule has 1 N–H and O–H groups in total. The van der Waals surface area contributed by atoms with Gasteiger partial charge < -0.3 is 5.32 Å². The van der Waals surface area contributed by atoms with Gasteiger partial charge in [-0.2, -0.15) is 0 Å². The first-order chi connectivity index (χ1) is 6.07. The maximum absolute atomic E-state index is 4.68. The zero-order chi connectivity index (χ0) is 9.47. The average molecular weight is 196 g/mol. The highest BCUT2D eigenvalue weighted by Gasteiger charge is 2.24.